The normalized spacial score (nSPS) is 12.6. The molecule has 0 bridgehead atoms. The number of aromatic nitrogens is 2. The molecule has 1 aromatic carbocycles. The van der Waals surface area contributed by atoms with Gasteiger partial charge in [-0.2, -0.15) is 0 Å². The minimum absolute atomic E-state index is 0.316. The first-order chi connectivity index (χ1) is 9.24. The van der Waals surface area contributed by atoms with Gasteiger partial charge in [-0.3, -0.25) is 0 Å². The summed E-state index contributed by atoms with van der Waals surface area (Å²) in [7, 11) is 2.01. The van der Waals surface area contributed by atoms with Crippen LogP contribution in [0.4, 0.5) is 0 Å². The van der Waals surface area contributed by atoms with Crippen LogP contribution >= 0.6 is 0 Å². The summed E-state index contributed by atoms with van der Waals surface area (Å²) in [5.74, 6) is 1.14. The number of hydrogen-bond donors (Lipinski definition) is 1. The highest BCUT2D eigenvalue weighted by Gasteiger charge is 2.14. The molecule has 1 N–H and O–H groups in total. The van der Waals surface area contributed by atoms with E-state index < -0.39 is 0 Å². The molecule has 102 valence electrons. The Kier molecular flexibility index (Phi) is 4.74. The van der Waals surface area contributed by atoms with Crippen LogP contribution in [0.5, 0.6) is 0 Å². The number of aryl methyl sites for hydroxylation is 3. The number of hydrogen-bond acceptors (Lipinski definition) is 2. The molecule has 1 heterocycles. The highest BCUT2D eigenvalue weighted by molar-refractivity contribution is 5.21. The van der Waals surface area contributed by atoms with Crippen molar-refractivity contribution in [2.45, 2.75) is 39.3 Å². The third-order valence-corrected chi connectivity index (χ3v) is 3.59. The molecule has 1 unspecified atom stereocenters. The Hall–Kier alpha value is -1.61. The Balaban J connectivity index is 2.02. The van der Waals surface area contributed by atoms with E-state index in [0.717, 1.165) is 25.2 Å². The standard InChI is InChI=1S/C16H23N3/c1-4-19-12-11-18-16(19)15(17-3)10-9-14-7-5-13(2)6-8-14/h5-8,11-12,15,17H,4,9-10H2,1-3H3. The predicted molar refractivity (Wildman–Crippen MR) is 79.2 cm³/mol. The van der Waals surface area contributed by atoms with E-state index in [4.69, 9.17) is 0 Å². The van der Waals surface area contributed by atoms with Gasteiger partial charge in [-0.25, -0.2) is 4.98 Å². The average molecular weight is 257 g/mol. The lowest BCUT2D eigenvalue weighted by Gasteiger charge is -2.17. The van der Waals surface area contributed by atoms with Crippen molar-refractivity contribution >= 4 is 0 Å². The second-order valence-electron chi connectivity index (χ2n) is 4.94. The molecular weight excluding hydrogens is 234 g/mol. The molecule has 0 saturated heterocycles. The fraction of sp³-hybridized carbons (Fsp3) is 0.438. The molecule has 0 saturated carbocycles. The Morgan fingerprint density at radius 1 is 1.26 bits per heavy atom. The van der Waals surface area contributed by atoms with Crippen molar-refractivity contribution in [3.63, 3.8) is 0 Å². The van der Waals surface area contributed by atoms with E-state index in [1.54, 1.807) is 0 Å². The summed E-state index contributed by atoms with van der Waals surface area (Å²) in [6.45, 7) is 5.24. The van der Waals surface area contributed by atoms with Gasteiger partial charge in [0.1, 0.15) is 5.82 Å². The first-order valence-corrected chi connectivity index (χ1v) is 6.98. The average Bonchev–Trinajstić information content (AvgIpc) is 2.90. The van der Waals surface area contributed by atoms with Gasteiger partial charge in [0.25, 0.3) is 0 Å². The van der Waals surface area contributed by atoms with Gasteiger partial charge in [0.15, 0.2) is 0 Å². The van der Waals surface area contributed by atoms with E-state index in [-0.39, 0.29) is 0 Å². The summed E-state index contributed by atoms with van der Waals surface area (Å²) >= 11 is 0. The zero-order chi connectivity index (χ0) is 13.7. The summed E-state index contributed by atoms with van der Waals surface area (Å²) in [6, 6.07) is 9.10. The number of nitrogens with zero attached hydrogens (tertiary/aromatic N) is 2. The van der Waals surface area contributed by atoms with Gasteiger partial charge in [0.05, 0.1) is 6.04 Å². The molecule has 0 aliphatic heterocycles. The third-order valence-electron chi connectivity index (χ3n) is 3.59. The van der Waals surface area contributed by atoms with Crippen LogP contribution in [-0.4, -0.2) is 16.6 Å². The van der Waals surface area contributed by atoms with Crippen LogP contribution in [0, 0.1) is 6.92 Å². The maximum atomic E-state index is 4.49. The van der Waals surface area contributed by atoms with E-state index in [1.165, 1.54) is 11.1 Å². The van der Waals surface area contributed by atoms with Crippen molar-refractivity contribution in [3.05, 3.63) is 53.6 Å². The zero-order valence-corrected chi connectivity index (χ0v) is 12.1. The monoisotopic (exact) mass is 257 g/mol. The van der Waals surface area contributed by atoms with Gasteiger partial charge >= 0.3 is 0 Å². The zero-order valence-electron chi connectivity index (χ0n) is 12.1. The highest BCUT2D eigenvalue weighted by atomic mass is 15.1. The van der Waals surface area contributed by atoms with Crippen molar-refractivity contribution in [2.75, 3.05) is 7.05 Å². The van der Waals surface area contributed by atoms with Crippen molar-refractivity contribution in [1.82, 2.24) is 14.9 Å². The van der Waals surface area contributed by atoms with Gasteiger partial charge in [0, 0.05) is 18.9 Å². The van der Waals surface area contributed by atoms with Crippen LogP contribution in [0.25, 0.3) is 0 Å². The van der Waals surface area contributed by atoms with E-state index in [2.05, 4.69) is 53.0 Å². The second kappa shape index (κ2) is 6.53. The molecule has 3 heteroatoms. The van der Waals surface area contributed by atoms with Crippen LogP contribution in [0.2, 0.25) is 0 Å². The molecule has 0 aliphatic carbocycles. The molecule has 0 aliphatic rings. The quantitative estimate of drug-likeness (QED) is 0.861. The molecule has 1 aromatic heterocycles. The van der Waals surface area contributed by atoms with E-state index in [9.17, 15) is 0 Å². The van der Waals surface area contributed by atoms with E-state index in [0.29, 0.717) is 6.04 Å². The molecule has 0 fully saturated rings. The van der Waals surface area contributed by atoms with Crippen LogP contribution in [-0.2, 0) is 13.0 Å². The molecule has 2 aromatic rings. The van der Waals surface area contributed by atoms with Crippen LogP contribution < -0.4 is 5.32 Å². The maximum Gasteiger partial charge on any atom is 0.125 e. The summed E-state index contributed by atoms with van der Waals surface area (Å²) in [6.07, 6.45) is 6.07. The minimum atomic E-state index is 0.316. The van der Waals surface area contributed by atoms with Gasteiger partial charge in [-0.1, -0.05) is 29.8 Å². The Bertz CT molecular complexity index is 499. The lowest BCUT2D eigenvalue weighted by Crippen LogP contribution is -2.21. The first kappa shape index (κ1) is 13.8. The number of nitrogens with one attached hydrogen (secondary N) is 1. The highest BCUT2D eigenvalue weighted by Crippen LogP contribution is 2.18. The Morgan fingerprint density at radius 3 is 2.63 bits per heavy atom. The summed E-state index contributed by atoms with van der Waals surface area (Å²) in [5.41, 5.74) is 2.70. The number of rotatable bonds is 6. The molecule has 0 spiro atoms. The van der Waals surface area contributed by atoms with Crippen molar-refractivity contribution < 1.29 is 0 Å². The minimum Gasteiger partial charge on any atom is -0.334 e. The van der Waals surface area contributed by atoms with Gasteiger partial charge in [0.2, 0.25) is 0 Å². The molecule has 2 rings (SSSR count). The molecule has 0 amide bonds. The molecule has 3 nitrogen and oxygen atoms in total. The first-order valence-electron chi connectivity index (χ1n) is 6.98. The lowest BCUT2D eigenvalue weighted by atomic mass is 10.0. The SMILES string of the molecule is CCn1ccnc1C(CCc1ccc(C)cc1)NC. The van der Waals surface area contributed by atoms with Gasteiger partial charge < -0.3 is 9.88 Å². The molecule has 0 radical (unpaired) electrons. The van der Waals surface area contributed by atoms with Crippen LogP contribution in [0.1, 0.15) is 36.3 Å². The Labute approximate surface area is 115 Å². The topological polar surface area (TPSA) is 29.9 Å². The van der Waals surface area contributed by atoms with Crippen LogP contribution in [0.15, 0.2) is 36.7 Å². The fourth-order valence-corrected chi connectivity index (χ4v) is 2.37. The largest absolute Gasteiger partial charge is 0.334 e. The Morgan fingerprint density at radius 2 is 2.00 bits per heavy atom. The lowest BCUT2D eigenvalue weighted by molar-refractivity contribution is 0.494. The van der Waals surface area contributed by atoms with E-state index in [1.807, 2.05) is 19.4 Å². The maximum absolute atomic E-state index is 4.49. The third kappa shape index (κ3) is 3.44. The molecule has 19 heavy (non-hydrogen) atoms. The second-order valence-corrected chi connectivity index (χ2v) is 4.94. The number of benzene rings is 1. The number of imidazole rings is 1. The van der Waals surface area contributed by atoms with Crippen molar-refractivity contribution in [2.24, 2.45) is 0 Å². The van der Waals surface area contributed by atoms with Crippen LogP contribution in [0.3, 0.4) is 0 Å². The van der Waals surface area contributed by atoms with E-state index >= 15 is 0 Å². The molecular formula is C16H23N3. The van der Waals surface area contributed by atoms with Crippen molar-refractivity contribution in [3.8, 4) is 0 Å². The fourth-order valence-electron chi connectivity index (χ4n) is 2.37. The smallest absolute Gasteiger partial charge is 0.125 e. The van der Waals surface area contributed by atoms with Gasteiger partial charge in [-0.15, -0.1) is 0 Å². The summed E-state index contributed by atoms with van der Waals surface area (Å²) < 4.78 is 2.20. The van der Waals surface area contributed by atoms with Gasteiger partial charge in [-0.05, 0) is 39.3 Å². The predicted octanol–water partition coefficient (Wildman–Crippen LogP) is 3.10. The summed E-state index contributed by atoms with van der Waals surface area (Å²) in [5, 5.41) is 3.38. The van der Waals surface area contributed by atoms with Crippen molar-refractivity contribution in [1.29, 1.82) is 0 Å². The molecule has 1 atom stereocenters. The summed E-state index contributed by atoms with van der Waals surface area (Å²) in [4.78, 5) is 4.49.